The largest absolute Gasteiger partial charge is 0.490 e. The van der Waals surface area contributed by atoms with Gasteiger partial charge in [0.1, 0.15) is 0 Å². The molecular weight excluding hydrogens is 303 g/mol. The van der Waals surface area contributed by atoms with Gasteiger partial charge in [-0.3, -0.25) is 0 Å². The number of hydrogen-bond donors (Lipinski definition) is 0. The molecule has 0 amide bonds. The summed E-state index contributed by atoms with van der Waals surface area (Å²) in [6, 6.07) is 5.01. The van der Waals surface area contributed by atoms with Gasteiger partial charge < -0.3 is 4.74 Å². The summed E-state index contributed by atoms with van der Waals surface area (Å²) in [5.41, 5.74) is 0. The van der Waals surface area contributed by atoms with Crippen LogP contribution in [0.4, 0.5) is 4.39 Å². The van der Waals surface area contributed by atoms with Crippen molar-refractivity contribution in [2.75, 3.05) is 11.9 Å². The maximum Gasteiger partial charge on any atom is 0.179 e. The lowest BCUT2D eigenvalue weighted by atomic mass is 10.3. The second-order valence-electron chi connectivity index (χ2n) is 2.44. The zero-order valence-electron chi connectivity index (χ0n) is 6.90. The van der Waals surface area contributed by atoms with E-state index in [4.69, 9.17) is 4.74 Å². The van der Waals surface area contributed by atoms with E-state index in [-0.39, 0.29) is 5.82 Å². The monoisotopic (exact) mass is 310 g/mol. The van der Waals surface area contributed by atoms with E-state index in [1.807, 2.05) is 0 Å². The van der Waals surface area contributed by atoms with Gasteiger partial charge in [-0.05, 0) is 34.5 Å². The summed E-state index contributed by atoms with van der Waals surface area (Å²) in [5, 5.41) is 0.864. The highest BCUT2D eigenvalue weighted by Gasteiger charge is 2.05. The van der Waals surface area contributed by atoms with Gasteiger partial charge in [0.2, 0.25) is 0 Å². The lowest BCUT2D eigenvalue weighted by Gasteiger charge is -2.06. The van der Waals surface area contributed by atoms with Crippen LogP contribution in [-0.2, 0) is 0 Å². The van der Waals surface area contributed by atoms with Crippen LogP contribution in [-0.4, -0.2) is 11.9 Å². The number of benzene rings is 1. The van der Waals surface area contributed by atoms with E-state index in [1.54, 1.807) is 18.2 Å². The summed E-state index contributed by atoms with van der Waals surface area (Å²) >= 11 is 6.36. The van der Waals surface area contributed by atoms with Gasteiger partial charge in [0.05, 0.1) is 11.1 Å². The van der Waals surface area contributed by atoms with Crippen LogP contribution in [0.3, 0.4) is 0 Å². The molecule has 0 heterocycles. The zero-order valence-corrected chi connectivity index (χ0v) is 10.1. The van der Waals surface area contributed by atoms with Crippen molar-refractivity contribution >= 4 is 31.9 Å². The van der Waals surface area contributed by atoms with Crippen LogP contribution < -0.4 is 4.74 Å². The van der Waals surface area contributed by atoms with Crippen molar-refractivity contribution < 1.29 is 9.13 Å². The topological polar surface area (TPSA) is 9.23 Å². The van der Waals surface area contributed by atoms with Crippen LogP contribution in [0.1, 0.15) is 6.42 Å². The minimum atomic E-state index is -0.336. The highest BCUT2D eigenvalue weighted by atomic mass is 79.9. The van der Waals surface area contributed by atoms with Crippen molar-refractivity contribution in [2.24, 2.45) is 0 Å². The van der Waals surface area contributed by atoms with Crippen molar-refractivity contribution in [1.82, 2.24) is 0 Å². The number of hydrogen-bond acceptors (Lipinski definition) is 1. The molecule has 13 heavy (non-hydrogen) atoms. The molecule has 1 nitrogen and oxygen atoms in total. The molecule has 0 saturated heterocycles. The highest BCUT2D eigenvalue weighted by molar-refractivity contribution is 9.10. The van der Waals surface area contributed by atoms with Crippen LogP contribution in [0.5, 0.6) is 5.75 Å². The Morgan fingerprint density at radius 2 is 2.15 bits per heavy atom. The molecular formula is C9H9Br2FO. The van der Waals surface area contributed by atoms with E-state index in [0.29, 0.717) is 16.8 Å². The van der Waals surface area contributed by atoms with Gasteiger partial charge >= 0.3 is 0 Å². The second-order valence-corrected chi connectivity index (χ2v) is 4.09. The Morgan fingerprint density at radius 3 is 2.85 bits per heavy atom. The third-order valence-corrected chi connectivity index (χ3v) is 2.62. The number of alkyl halides is 1. The van der Waals surface area contributed by atoms with Crippen molar-refractivity contribution in [3.8, 4) is 5.75 Å². The van der Waals surface area contributed by atoms with Gasteiger partial charge in [0.25, 0.3) is 0 Å². The maximum atomic E-state index is 13.2. The second kappa shape index (κ2) is 5.60. The first-order valence-corrected chi connectivity index (χ1v) is 5.80. The molecule has 0 bridgehead atoms. The summed E-state index contributed by atoms with van der Waals surface area (Å²) in [5.74, 6) is -0.0348. The van der Waals surface area contributed by atoms with Crippen molar-refractivity contribution in [2.45, 2.75) is 6.42 Å². The average Bonchev–Trinajstić information content (AvgIpc) is 2.13. The van der Waals surface area contributed by atoms with Gasteiger partial charge in [-0.15, -0.1) is 0 Å². The van der Waals surface area contributed by atoms with E-state index in [0.717, 1.165) is 11.8 Å². The Balaban J connectivity index is 2.61. The molecule has 0 aliphatic carbocycles. The molecule has 0 fully saturated rings. The molecule has 0 aromatic heterocycles. The van der Waals surface area contributed by atoms with E-state index < -0.39 is 0 Å². The SMILES string of the molecule is Fc1c(Br)cccc1OCCCBr. The number of halogens is 3. The molecule has 0 N–H and O–H groups in total. The summed E-state index contributed by atoms with van der Waals surface area (Å²) in [7, 11) is 0. The van der Waals surface area contributed by atoms with Crippen LogP contribution in [0.25, 0.3) is 0 Å². The number of ether oxygens (including phenoxy) is 1. The smallest absolute Gasteiger partial charge is 0.179 e. The van der Waals surface area contributed by atoms with Crippen molar-refractivity contribution in [3.05, 3.63) is 28.5 Å². The molecule has 1 aromatic rings. The lowest BCUT2D eigenvalue weighted by Crippen LogP contribution is -1.99. The Hall–Kier alpha value is -0.0900. The molecule has 1 aromatic carbocycles. The van der Waals surface area contributed by atoms with Crippen LogP contribution in [0.15, 0.2) is 22.7 Å². The minimum absolute atomic E-state index is 0.301. The fraction of sp³-hybridized carbons (Fsp3) is 0.333. The molecule has 0 aliphatic heterocycles. The third kappa shape index (κ3) is 3.27. The molecule has 0 unspecified atom stereocenters. The van der Waals surface area contributed by atoms with Gasteiger partial charge in [-0.25, -0.2) is 4.39 Å². The fourth-order valence-electron chi connectivity index (χ4n) is 0.832. The predicted octanol–water partition coefficient (Wildman–Crippen LogP) is 3.75. The van der Waals surface area contributed by atoms with Crippen molar-refractivity contribution in [3.63, 3.8) is 0 Å². The average molecular weight is 312 g/mol. The summed E-state index contributed by atoms with van der Waals surface area (Å²) in [6.07, 6.45) is 0.867. The summed E-state index contributed by atoms with van der Waals surface area (Å²) < 4.78 is 18.9. The summed E-state index contributed by atoms with van der Waals surface area (Å²) in [6.45, 7) is 0.526. The third-order valence-electron chi connectivity index (χ3n) is 1.45. The van der Waals surface area contributed by atoms with Crippen molar-refractivity contribution in [1.29, 1.82) is 0 Å². The Bertz CT molecular complexity index is 278. The van der Waals surface area contributed by atoms with Crippen LogP contribution in [0, 0.1) is 5.82 Å². The Labute approximate surface area is 93.5 Å². The van der Waals surface area contributed by atoms with Gasteiger partial charge in [-0.1, -0.05) is 22.0 Å². The van der Waals surface area contributed by atoms with Gasteiger partial charge in [-0.2, -0.15) is 0 Å². The maximum absolute atomic E-state index is 13.2. The van der Waals surface area contributed by atoms with Crippen LogP contribution in [0.2, 0.25) is 0 Å². The van der Waals surface area contributed by atoms with Gasteiger partial charge in [0.15, 0.2) is 11.6 Å². The molecule has 0 radical (unpaired) electrons. The first-order chi connectivity index (χ1) is 6.25. The highest BCUT2D eigenvalue weighted by Crippen LogP contribution is 2.24. The summed E-state index contributed by atoms with van der Waals surface area (Å²) in [4.78, 5) is 0. The Morgan fingerprint density at radius 1 is 1.38 bits per heavy atom. The first-order valence-electron chi connectivity index (χ1n) is 3.88. The molecule has 4 heteroatoms. The molecule has 1 rings (SSSR count). The fourth-order valence-corrected chi connectivity index (χ4v) is 1.41. The van der Waals surface area contributed by atoms with E-state index in [1.165, 1.54) is 0 Å². The normalized spacial score (nSPS) is 10.1. The molecule has 0 saturated carbocycles. The lowest BCUT2D eigenvalue weighted by molar-refractivity contribution is 0.302. The van der Waals surface area contributed by atoms with Gasteiger partial charge in [0, 0.05) is 5.33 Å². The van der Waals surface area contributed by atoms with Crippen LogP contribution >= 0.6 is 31.9 Å². The molecule has 0 atom stereocenters. The molecule has 72 valence electrons. The van der Waals surface area contributed by atoms with E-state index >= 15 is 0 Å². The number of rotatable bonds is 4. The van der Waals surface area contributed by atoms with E-state index in [2.05, 4.69) is 31.9 Å². The first kappa shape index (κ1) is 11.0. The zero-order chi connectivity index (χ0) is 9.68. The predicted molar refractivity (Wildman–Crippen MR) is 58.0 cm³/mol. The quantitative estimate of drug-likeness (QED) is 0.608. The standard InChI is InChI=1S/C9H9Br2FO/c10-5-2-6-13-8-4-1-3-7(11)9(8)12/h1,3-4H,2,5-6H2. The van der Waals surface area contributed by atoms with E-state index in [9.17, 15) is 4.39 Å². The Kier molecular flexibility index (Phi) is 4.73. The molecule has 0 spiro atoms. The molecule has 0 aliphatic rings. The minimum Gasteiger partial charge on any atom is -0.490 e.